The maximum absolute atomic E-state index is 10.4. The number of methoxy groups -OCH3 is 2. The molecule has 7 heteroatoms. The average Bonchev–Trinajstić information content (AvgIpc) is 2.72. The Balaban J connectivity index is 2.15. The van der Waals surface area contributed by atoms with E-state index in [9.17, 15) is 5.11 Å². The van der Waals surface area contributed by atoms with Gasteiger partial charge in [-0.2, -0.15) is 0 Å². The Morgan fingerprint density at radius 3 is 2.46 bits per heavy atom. The lowest BCUT2D eigenvalue weighted by atomic mass is 10.1. The zero-order valence-electron chi connectivity index (χ0n) is 17.3. The summed E-state index contributed by atoms with van der Waals surface area (Å²) in [4.78, 5) is 10.6. The van der Waals surface area contributed by atoms with Gasteiger partial charge in [-0.1, -0.05) is 0 Å². The number of aliphatic hydroxyl groups excluding tert-OH is 1. The van der Waals surface area contributed by atoms with Crippen LogP contribution in [-0.2, 0) is 6.54 Å². The van der Waals surface area contributed by atoms with Crippen LogP contribution >= 0.6 is 0 Å². The third-order valence-corrected chi connectivity index (χ3v) is 4.45. The van der Waals surface area contributed by atoms with E-state index in [4.69, 9.17) is 9.47 Å². The number of aromatic nitrogens is 1. The van der Waals surface area contributed by atoms with Crippen molar-refractivity contribution in [1.29, 1.82) is 0 Å². The van der Waals surface area contributed by atoms with Crippen molar-refractivity contribution in [2.75, 3.05) is 34.4 Å². The predicted molar refractivity (Wildman–Crippen MR) is 111 cm³/mol. The van der Waals surface area contributed by atoms with Crippen molar-refractivity contribution in [3.8, 4) is 11.5 Å². The summed E-state index contributed by atoms with van der Waals surface area (Å²) in [7, 11) is 5.23. The molecular formula is C21H30N4O3. The molecule has 0 amide bonds. The first-order valence-electron chi connectivity index (χ1n) is 9.29. The van der Waals surface area contributed by atoms with Gasteiger partial charge >= 0.3 is 0 Å². The second kappa shape index (κ2) is 10.5. The lowest BCUT2D eigenvalue weighted by Crippen LogP contribution is -2.39. The van der Waals surface area contributed by atoms with E-state index in [1.54, 1.807) is 38.7 Å². The van der Waals surface area contributed by atoms with Crippen LogP contribution in [0.15, 0.2) is 41.7 Å². The minimum atomic E-state index is -0.673. The Hall–Kier alpha value is -2.80. The lowest BCUT2D eigenvalue weighted by Gasteiger charge is -2.24. The van der Waals surface area contributed by atoms with Crippen LogP contribution in [0.3, 0.4) is 0 Å². The number of aryl methyl sites for hydroxylation is 1. The third kappa shape index (κ3) is 5.60. The van der Waals surface area contributed by atoms with Crippen molar-refractivity contribution in [3.63, 3.8) is 0 Å². The van der Waals surface area contributed by atoms with Gasteiger partial charge in [0.05, 0.1) is 26.9 Å². The molecule has 0 aliphatic heterocycles. The van der Waals surface area contributed by atoms with Crippen molar-refractivity contribution in [3.05, 3.63) is 53.3 Å². The molecule has 1 atom stereocenters. The van der Waals surface area contributed by atoms with Crippen LogP contribution < -0.4 is 14.8 Å². The summed E-state index contributed by atoms with van der Waals surface area (Å²) in [5.41, 5.74) is 3.02. The van der Waals surface area contributed by atoms with Gasteiger partial charge in [-0.25, -0.2) is 0 Å². The van der Waals surface area contributed by atoms with E-state index >= 15 is 0 Å². The first-order valence-corrected chi connectivity index (χ1v) is 9.29. The molecule has 0 aliphatic carbocycles. The van der Waals surface area contributed by atoms with Gasteiger partial charge in [-0.3, -0.25) is 9.98 Å². The molecule has 28 heavy (non-hydrogen) atoms. The molecule has 0 aliphatic rings. The summed E-state index contributed by atoms with van der Waals surface area (Å²) in [6.07, 6.45) is 2.66. The van der Waals surface area contributed by atoms with E-state index < -0.39 is 6.10 Å². The molecule has 2 rings (SSSR count). The highest BCUT2D eigenvalue weighted by Gasteiger charge is 2.14. The topological polar surface area (TPSA) is 79.2 Å². The largest absolute Gasteiger partial charge is 0.493 e. The summed E-state index contributed by atoms with van der Waals surface area (Å²) >= 11 is 0. The molecule has 1 aromatic carbocycles. The van der Waals surface area contributed by atoms with Gasteiger partial charge in [0.25, 0.3) is 0 Å². The summed E-state index contributed by atoms with van der Waals surface area (Å²) in [5, 5.41) is 13.6. The molecule has 0 spiro atoms. The Labute approximate surface area is 167 Å². The average molecular weight is 386 g/mol. The zero-order chi connectivity index (χ0) is 20.5. The number of pyridine rings is 1. The summed E-state index contributed by atoms with van der Waals surface area (Å²) in [5.74, 6) is 2.14. The van der Waals surface area contributed by atoms with Gasteiger partial charge in [-0.05, 0) is 54.8 Å². The predicted octanol–water partition coefficient (Wildman–Crippen LogP) is 2.54. The van der Waals surface area contributed by atoms with Gasteiger partial charge in [0.1, 0.15) is 0 Å². The summed E-state index contributed by atoms with van der Waals surface area (Å²) < 4.78 is 10.8. The maximum Gasteiger partial charge on any atom is 0.194 e. The number of ether oxygens (including phenoxy) is 2. The highest BCUT2D eigenvalue weighted by molar-refractivity contribution is 5.79. The molecule has 1 unspecified atom stereocenters. The van der Waals surface area contributed by atoms with Gasteiger partial charge in [0.2, 0.25) is 0 Å². The molecule has 0 bridgehead atoms. The fraction of sp³-hybridized carbons (Fsp3) is 0.429. The third-order valence-electron chi connectivity index (χ3n) is 4.45. The monoisotopic (exact) mass is 386 g/mol. The summed E-state index contributed by atoms with van der Waals surface area (Å²) in [6, 6.07) is 7.55. The van der Waals surface area contributed by atoms with E-state index in [1.807, 2.05) is 37.9 Å². The van der Waals surface area contributed by atoms with Crippen molar-refractivity contribution >= 4 is 5.96 Å². The first-order chi connectivity index (χ1) is 13.5. The number of hydrogen-bond acceptors (Lipinski definition) is 5. The van der Waals surface area contributed by atoms with Crippen molar-refractivity contribution in [2.45, 2.75) is 26.5 Å². The van der Waals surface area contributed by atoms with Crippen LogP contribution in [0.4, 0.5) is 0 Å². The molecule has 0 fully saturated rings. The number of hydrogen-bond donors (Lipinski definition) is 2. The molecule has 2 N–H and O–H groups in total. The number of nitrogens with one attached hydrogen (secondary N) is 1. The second-order valence-corrected chi connectivity index (χ2v) is 6.48. The minimum absolute atomic E-state index is 0.265. The number of guanidine groups is 1. The Morgan fingerprint density at radius 1 is 1.21 bits per heavy atom. The smallest absolute Gasteiger partial charge is 0.194 e. The second-order valence-electron chi connectivity index (χ2n) is 6.48. The Bertz CT molecular complexity index is 781. The van der Waals surface area contributed by atoms with Crippen LogP contribution in [-0.4, -0.2) is 55.3 Å². The number of aliphatic hydroxyl groups is 1. The van der Waals surface area contributed by atoms with Crippen LogP contribution in [0, 0.1) is 6.92 Å². The Morgan fingerprint density at radius 2 is 1.86 bits per heavy atom. The van der Waals surface area contributed by atoms with E-state index in [2.05, 4.69) is 15.3 Å². The molecule has 2 aromatic rings. The van der Waals surface area contributed by atoms with E-state index in [0.29, 0.717) is 18.0 Å². The quantitative estimate of drug-likeness (QED) is 0.536. The van der Waals surface area contributed by atoms with E-state index in [-0.39, 0.29) is 6.54 Å². The molecule has 0 saturated carbocycles. The fourth-order valence-corrected chi connectivity index (χ4v) is 2.86. The van der Waals surface area contributed by atoms with Crippen molar-refractivity contribution < 1.29 is 14.6 Å². The van der Waals surface area contributed by atoms with E-state index in [0.717, 1.165) is 29.2 Å². The van der Waals surface area contributed by atoms with Crippen LogP contribution in [0.25, 0.3) is 0 Å². The number of rotatable bonds is 8. The minimum Gasteiger partial charge on any atom is -0.493 e. The van der Waals surface area contributed by atoms with Crippen molar-refractivity contribution in [1.82, 2.24) is 15.2 Å². The molecule has 0 radical (unpaired) electrons. The van der Waals surface area contributed by atoms with Crippen LogP contribution in [0.5, 0.6) is 11.5 Å². The molecule has 7 nitrogen and oxygen atoms in total. The van der Waals surface area contributed by atoms with Crippen LogP contribution in [0.2, 0.25) is 0 Å². The highest BCUT2D eigenvalue weighted by atomic mass is 16.5. The number of nitrogens with zero attached hydrogens (tertiary/aromatic N) is 3. The fourth-order valence-electron chi connectivity index (χ4n) is 2.86. The highest BCUT2D eigenvalue weighted by Crippen LogP contribution is 2.30. The van der Waals surface area contributed by atoms with Gasteiger partial charge < -0.3 is 24.8 Å². The Kier molecular flexibility index (Phi) is 8.07. The molecule has 0 saturated heterocycles. The zero-order valence-corrected chi connectivity index (χ0v) is 17.3. The van der Waals surface area contributed by atoms with E-state index in [1.165, 1.54) is 0 Å². The molecule has 1 aromatic heterocycles. The molecule has 1 heterocycles. The van der Waals surface area contributed by atoms with Gasteiger partial charge in [0.15, 0.2) is 17.5 Å². The maximum atomic E-state index is 10.4. The van der Waals surface area contributed by atoms with Crippen LogP contribution in [0.1, 0.15) is 29.7 Å². The number of aliphatic imine (C=N–C) groups is 1. The number of benzene rings is 1. The summed E-state index contributed by atoms with van der Waals surface area (Å²) in [6.45, 7) is 5.71. The molecule has 152 valence electrons. The lowest BCUT2D eigenvalue weighted by molar-refractivity contribution is 0.186. The standard InChI is InChI=1S/C21H30N4O3/c1-6-23-21(24-13-18(26)16-7-9-22-10-8-16)25(3)14-17-12-20(28-5)19(27-4)11-15(17)2/h7-12,18,26H,6,13-14H2,1-5H3,(H,23,24). The SMILES string of the molecule is CCNC(=NCC(O)c1ccncc1)N(C)Cc1cc(OC)c(OC)cc1C. The van der Waals surface area contributed by atoms with Gasteiger partial charge in [-0.15, -0.1) is 0 Å². The van der Waals surface area contributed by atoms with Crippen molar-refractivity contribution in [2.24, 2.45) is 4.99 Å². The molecular weight excluding hydrogens is 356 g/mol. The first kappa shape index (κ1) is 21.5. The normalized spacial score (nSPS) is 12.4. The van der Waals surface area contributed by atoms with Gasteiger partial charge in [0, 0.05) is 32.5 Å².